The van der Waals surface area contributed by atoms with Crippen LogP contribution in [0.1, 0.15) is 0 Å². The monoisotopic (exact) mass is 334 g/mol. The topological polar surface area (TPSA) is 28.1 Å². The molecule has 0 atom stereocenters. The summed E-state index contributed by atoms with van der Waals surface area (Å²) in [5.74, 6) is 0. The van der Waals surface area contributed by atoms with E-state index < -0.39 is 7.81 Å². The first-order valence-electron chi connectivity index (χ1n) is 4.86. The van der Waals surface area contributed by atoms with Gasteiger partial charge in [-0.3, -0.25) is 0 Å². The van der Waals surface area contributed by atoms with Crippen LogP contribution in [0.25, 0.3) is 15.7 Å². The molecule has 0 fully saturated rings. The maximum Gasteiger partial charge on any atom is 0.392 e. The molecule has 2 aromatic rings. The van der Waals surface area contributed by atoms with E-state index in [1.807, 2.05) is 24.3 Å². The molecule has 0 aromatic heterocycles. The second kappa shape index (κ2) is 4.47. The van der Waals surface area contributed by atoms with E-state index in [4.69, 9.17) is 17.0 Å². The van der Waals surface area contributed by atoms with Crippen LogP contribution in [0.5, 0.6) is 0 Å². The third-order valence-corrected chi connectivity index (χ3v) is 2.29. The van der Waals surface area contributed by atoms with E-state index in [1.54, 1.807) is 12.1 Å². The van der Waals surface area contributed by atoms with Crippen LogP contribution < -0.4 is 0 Å². The number of benzene rings is 2. The van der Waals surface area contributed by atoms with Gasteiger partial charge in [-0.25, -0.2) is 0 Å². The Balaban J connectivity index is 0.000000246. The van der Waals surface area contributed by atoms with Gasteiger partial charge in [0, 0.05) is 16.5 Å². The zero-order valence-corrected chi connectivity index (χ0v) is 11.1. The molecule has 0 aliphatic heterocycles. The Morgan fingerprint density at radius 2 is 1.30 bits per heavy atom. The number of halogens is 7. The first-order valence-corrected chi connectivity index (χ1v) is 7.27. The van der Waals surface area contributed by atoms with Gasteiger partial charge in [-0.2, -0.15) is 0 Å². The third kappa shape index (κ3) is 6.55. The fraction of sp³-hybridized carbons (Fsp3) is 0. The van der Waals surface area contributed by atoms with E-state index in [9.17, 15) is 25.2 Å². The zero-order valence-electron chi connectivity index (χ0n) is 9.45. The van der Waals surface area contributed by atoms with Crippen LogP contribution in [-0.4, -0.2) is 0 Å². The molecule has 0 saturated carbocycles. The van der Waals surface area contributed by atoms with E-state index in [1.165, 1.54) is 0 Å². The Labute approximate surface area is 113 Å². The zero-order chi connectivity index (χ0) is 15.7. The molecule has 0 radical (unpaired) electrons. The van der Waals surface area contributed by atoms with Gasteiger partial charge in [0.25, 0.3) is 0 Å². The minimum absolute atomic E-state index is 0.542. The fourth-order valence-electron chi connectivity index (χ4n) is 1.33. The normalized spacial score (nSPS) is 14.5. The molecule has 2 nitrogen and oxygen atoms in total. The first kappa shape index (κ1) is 16.5. The molecule has 0 aliphatic rings. The predicted molar refractivity (Wildman–Crippen MR) is 67.3 cm³/mol. The second-order valence-electron chi connectivity index (χ2n) is 3.67. The van der Waals surface area contributed by atoms with Gasteiger partial charge in [-0.15, -0.1) is 0 Å². The number of hydrogen-bond donors (Lipinski definition) is 0. The summed E-state index contributed by atoms with van der Waals surface area (Å²) in [6.45, 7) is 0. The van der Waals surface area contributed by atoms with Crippen molar-refractivity contribution in [3.8, 4) is 0 Å². The van der Waals surface area contributed by atoms with Crippen LogP contribution in [0.4, 0.5) is 30.9 Å². The molecule has 0 spiro atoms. The van der Waals surface area contributed by atoms with Gasteiger partial charge < -0.3 is 0 Å². The molecular formula is C10H6ClF6N2P. The van der Waals surface area contributed by atoms with Gasteiger partial charge in [0.05, 0.1) is 5.39 Å². The summed E-state index contributed by atoms with van der Waals surface area (Å²) in [6.07, 6.45) is 0. The molecule has 2 aromatic carbocycles. The summed E-state index contributed by atoms with van der Waals surface area (Å²) in [6, 6.07) is 11.0. The van der Waals surface area contributed by atoms with Gasteiger partial charge in [-0.05, 0) is 12.1 Å². The smallest absolute Gasteiger partial charge is 0.0837 e. The van der Waals surface area contributed by atoms with Crippen molar-refractivity contribution >= 4 is 35.9 Å². The van der Waals surface area contributed by atoms with Gasteiger partial charge in [0.2, 0.25) is 5.39 Å². The molecule has 2 rings (SSSR count). The number of diazo groups is 1. The van der Waals surface area contributed by atoms with Crippen molar-refractivity contribution in [3.63, 3.8) is 0 Å². The number of hydrogen-bond acceptors (Lipinski definition) is 1. The van der Waals surface area contributed by atoms with Crippen molar-refractivity contribution in [1.29, 1.82) is 5.39 Å². The molecule has 0 heterocycles. The van der Waals surface area contributed by atoms with E-state index in [0.717, 1.165) is 10.8 Å². The Morgan fingerprint density at radius 3 is 1.75 bits per heavy atom. The molecule has 20 heavy (non-hydrogen) atoms. The van der Waals surface area contributed by atoms with Crippen molar-refractivity contribution in [2.24, 2.45) is 0 Å². The average Bonchev–Trinajstić information content (AvgIpc) is 2.26. The fourth-order valence-corrected chi connectivity index (χ4v) is 1.56. The minimum atomic E-state index is -10.7. The summed E-state index contributed by atoms with van der Waals surface area (Å²) >= 11 is 5.96. The van der Waals surface area contributed by atoms with E-state index >= 15 is 0 Å². The largest absolute Gasteiger partial charge is 0.392 e. The number of rotatable bonds is 0. The van der Waals surface area contributed by atoms with Crippen molar-refractivity contribution in [3.05, 3.63) is 46.4 Å². The Morgan fingerprint density at radius 1 is 0.850 bits per heavy atom. The molecule has 0 bridgehead atoms. The van der Waals surface area contributed by atoms with Gasteiger partial charge >= 0.3 is 38.7 Å². The van der Waals surface area contributed by atoms with Crippen LogP contribution in [0, 0.1) is 5.39 Å². The van der Waals surface area contributed by atoms with Crippen molar-refractivity contribution in [1.82, 2.24) is 0 Å². The first-order chi connectivity index (χ1) is 8.78. The third-order valence-electron chi connectivity index (χ3n) is 1.96. The maximum atomic E-state index is 9.87. The van der Waals surface area contributed by atoms with Crippen LogP contribution in [0.2, 0.25) is 5.02 Å². The summed E-state index contributed by atoms with van der Waals surface area (Å²) < 4.78 is 59.2. The summed E-state index contributed by atoms with van der Waals surface area (Å²) in [5.41, 5.74) is 0.542. The molecule has 0 unspecified atom stereocenters. The second-order valence-corrected chi connectivity index (χ2v) is 5.99. The summed E-state index contributed by atoms with van der Waals surface area (Å²) in [4.78, 5) is 3.18. The van der Waals surface area contributed by atoms with Crippen molar-refractivity contribution in [2.75, 3.05) is 0 Å². The molecule has 110 valence electrons. The van der Waals surface area contributed by atoms with E-state index in [2.05, 4.69) is 4.98 Å². The van der Waals surface area contributed by atoms with Crippen LogP contribution in [0.3, 0.4) is 0 Å². The van der Waals surface area contributed by atoms with Gasteiger partial charge in [0.1, 0.15) is 0 Å². The maximum absolute atomic E-state index is 10.7. The van der Waals surface area contributed by atoms with E-state index in [-0.39, 0.29) is 0 Å². The standard InChI is InChI=1S/C10H6ClN2.F6P/c11-9-5-6-10(13-12)8-4-2-1-3-7(8)9;1-7(2,3,4,5)6/h1-6H;/q+1;-1. The average molecular weight is 335 g/mol. The molecular weight excluding hydrogens is 329 g/mol. The molecule has 10 heteroatoms. The van der Waals surface area contributed by atoms with Crippen LogP contribution >= 0.6 is 19.4 Å². The summed E-state index contributed by atoms with van der Waals surface area (Å²) in [5, 5.41) is 11.1. The Bertz CT molecular complexity index is 681. The SMILES string of the molecule is F[P-](F)(F)(F)(F)F.N#[N+]c1ccc(Cl)c2ccccc12. The number of fused-ring (bicyclic) bond motifs is 1. The van der Waals surface area contributed by atoms with Gasteiger partial charge in [-0.1, -0.05) is 29.8 Å². The molecule has 0 N–H and O–H groups in total. The predicted octanol–water partition coefficient (Wildman–Crippen LogP) is 7.36. The van der Waals surface area contributed by atoms with Crippen LogP contribution in [-0.2, 0) is 0 Å². The summed E-state index contributed by atoms with van der Waals surface area (Å²) in [7, 11) is -10.7. The quantitative estimate of drug-likeness (QED) is 0.281. The Hall–Kier alpha value is -1.58. The van der Waals surface area contributed by atoms with E-state index in [0.29, 0.717) is 10.7 Å². The van der Waals surface area contributed by atoms with Gasteiger partial charge in [0.15, 0.2) is 4.98 Å². The molecule has 0 aliphatic carbocycles. The van der Waals surface area contributed by atoms with Crippen molar-refractivity contribution < 1.29 is 25.2 Å². The van der Waals surface area contributed by atoms with Crippen molar-refractivity contribution in [2.45, 2.75) is 0 Å². The number of nitrogens with zero attached hydrogens (tertiary/aromatic N) is 2. The Kier molecular flexibility index (Phi) is 3.68. The molecule has 0 amide bonds. The van der Waals surface area contributed by atoms with Crippen LogP contribution in [0.15, 0.2) is 36.4 Å². The molecule has 0 saturated heterocycles. The minimum Gasteiger partial charge on any atom is -0.0837 e.